The van der Waals surface area contributed by atoms with Crippen LogP contribution in [0.3, 0.4) is 0 Å². The van der Waals surface area contributed by atoms with Crippen molar-refractivity contribution >= 4 is 11.6 Å². The van der Waals surface area contributed by atoms with Crippen molar-refractivity contribution in [2.45, 2.75) is 19.4 Å². The van der Waals surface area contributed by atoms with E-state index in [1.54, 1.807) is 12.1 Å². The SMILES string of the molecule is CCNC(C1=CCCO1)c1ccc(Cl)cc1F. The first-order chi connectivity index (χ1) is 8.22. The number of rotatable bonds is 4. The van der Waals surface area contributed by atoms with E-state index in [1.807, 2.05) is 13.0 Å². The highest BCUT2D eigenvalue weighted by molar-refractivity contribution is 6.30. The highest BCUT2D eigenvalue weighted by Gasteiger charge is 2.22. The van der Waals surface area contributed by atoms with Crippen LogP contribution in [0.4, 0.5) is 4.39 Å². The van der Waals surface area contributed by atoms with Gasteiger partial charge in [0.25, 0.3) is 0 Å². The maximum atomic E-state index is 13.9. The standard InChI is InChI=1S/C13H15ClFNO/c1-2-16-13(12-4-3-7-17-12)10-6-5-9(14)8-11(10)15/h4-6,8,13,16H,2-3,7H2,1H3. The van der Waals surface area contributed by atoms with Crippen molar-refractivity contribution in [2.75, 3.05) is 13.2 Å². The Bertz CT molecular complexity index is 433. The molecule has 0 aliphatic carbocycles. The van der Waals surface area contributed by atoms with Gasteiger partial charge in [-0.2, -0.15) is 0 Å². The summed E-state index contributed by atoms with van der Waals surface area (Å²) in [6.45, 7) is 3.40. The molecule has 0 saturated heterocycles. The second kappa shape index (κ2) is 5.52. The minimum Gasteiger partial charge on any atom is -0.496 e. The molecule has 2 nitrogen and oxygen atoms in total. The van der Waals surface area contributed by atoms with Gasteiger partial charge in [-0.05, 0) is 24.8 Å². The molecule has 0 aromatic heterocycles. The van der Waals surface area contributed by atoms with E-state index < -0.39 is 0 Å². The number of hydrogen-bond acceptors (Lipinski definition) is 2. The number of likely N-dealkylation sites (N-methyl/N-ethyl adjacent to an activating group) is 1. The lowest BCUT2D eigenvalue weighted by Gasteiger charge is -2.20. The van der Waals surface area contributed by atoms with E-state index in [1.165, 1.54) is 6.07 Å². The van der Waals surface area contributed by atoms with Crippen molar-refractivity contribution in [3.8, 4) is 0 Å². The van der Waals surface area contributed by atoms with Crippen LogP contribution in [0.25, 0.3) is 0 Å². The summed E-state index contributed by atoms with van der Waals surface area (Å²) >= 11 is 5.75. The molecule has 0 fully saturated rings. The third-order valence-corrected chi connectivity index (χ3v) is 2.93. The van der Waals surface area contributed by atoms with Gasteiger partial charge in [0, 0.05) is 17.0 Å². The van der Waals surface area contributed by atoms with Crippen LogP contribution in [0.15, 0.2) is 30.0 Å². The molecule has 0 spiro atoms. The molecule has 1 aromatic carbocycles. The summed E-state index contributed by atoms with van der Waals surface area (Å²) in [6.07, 6.45) is 2.88. The number of ether oxygens (including phenoxy) is 1. The maximum absolute atomic E-state index is 13.9. The fourth-order valence-corrected chi connectivity index (χ4v) is 2.10. The molecule has 1 unspecified atom stereocenters. The molecule has 0 amide bonds. The van der Waals surface area contributed by atoms with Gasteiger partial charge in [0.15, 0.2) is 0 Å². The van der Waals surface area contributed by atoms with Crippen molar-refractivity contribution in [1.29, 1.82) is 0 Å². The summed E-state index contributed by atoms with van der Waals surface area (Å²) in [4.78, 5) is 0. The van der Waals surface area contributed by atoms with Crippen molar-refractivity contribution < 1.29 is 9.13 Å². The van der Waals surface area contributed by atoms with Gasteiger partial charge in [-0.25, -0.2) is 4.39 Å². The minimum absolute atomic E-state index is 0.222. The lowest BCUT2D eigenvalue weighted by Crippen LogP contribution is -2.24. The van der Waals surface area contributed by atoms with Gasteiger partial charge < -0.3 is 10.1 Å². The lowest BCUT2D eigenvalue weighted by molar-refractivity contribution is 0.215. The summed E-state index contributed by atoms with van der Waals surface area (Å²) in [7, 11) is 0. The van der Waals surface area contributed by atoms with Crippen molar-refractivity contribution in [3.63, 3.8) is 0 Å². The third kappa shape index (κ3) is 2.79. The molecular formula is C13H15ClFNO. The second-order valence-corrected chi connectivity index (χ2v) is 4.34. The minimum atomic E-state index is -0.306. The zero-order valence-electron chi connectivity index (χ0n) is 9.67. The smallest absolute Gasteiger partial charge is 0.129 e. The number of nitrogens with one attached hydrogen (secondary N) is 1. The Hall–Kier alpha value is -1.06. The Labute approximate surface area is 105 Å². The van der Waals surface area contributed by atoms with Crippen LogP contribution in [0.1, 0.15) is 24.9 Å². The lowest BCUT2D eigenvalue weighted by atomic mass is 10.0. The molecule has 1 atom stereocenters. The van der Waals surface area contributed by atoms with Gasteiger partial charge in [-0.3, -0.25) is 0 Å². The Kier molecular flexibility index (Phi) is 4.02. The Balaban J connectivity index is 2.31. The third-order valence-electron chi connectivity index (χ3n) is 2.70. The van der Waals surface area contributed by atoms with E-state index in [0.29, 0.717) is 17.2 Å². The van der Waals surface area contributed by atoms with E-state index in [4.69, 9.17) is 16.3 Å². The molecule has 92 valence electrons. The first-order valence-electron chi connectivity index (χ1n) is 5.73. The number of benzene rings is 1. The van der Waals surface area contributed by atoms with E-state index in [0.717, 1.165) is 18.7 Å². The Morgan fingerprint density at radius 1 is 1.53 bits per heavy atom. The molecule has 0 bridgehead atoms. The Morgan fingerprint density at radius 2 is 2.35 bits per heavy atom. The fraction of sp³-hybridized carbons (Fsp3) is 0.385. The van der Waals surface area contributed by atoms with Crippen LogP contribution in [0.2, 0.25) is 5.02 Å². The van der Waals surface area contributed by atoms with E-state index in [2.05, 4.69) is 5.32 Å². The van der Waals surface area contributed by atoms with Gasteiger partial charge in [0.05, 0.1) is 12.6 Å². The Morgan fingerprint density at radius 3 is 2.94 bits per heavy atom. The quantitative estimate of drug-likeness (QED) is 0.890. The number of hydrogen-bond donors (Lipinski definition) is 1. The molecule has 1 aliphatic rings. The molecule has 0 radical (unpaired) electrons. The zero-order chi connectivity index (χ0) is 12.3. The van der Waals surface area contributed by atoms with Crippen LogP contribution in [-0.2, 0) is 4.74 Å². The summed E-state index contributed by atoms with van der Waals surface area (Å²) in [5, 5.41) is 3.63. The van der Waals surface area contributed by atoms with Crippen LogP contribution < -0.4 is 5.32 Å². The predicted molar refractivity (Wildman–Crippen MR) is 66.5 cm³/mol. The average molecular weight is 256 g/mol. The molecule has 1 heterocycles. The van der Waals surface area contributed by atoms with Gasteiger partial charge in [0.2, 0.25) is 0 Å². The molecule has 1 aliphatic heterocycles. The van der Waals surface area contributed by atoms with Gasteiger partial charge in [-0.1, -0.05) is 24.6 Å². The summed E-state index contributed by atoms with van der Waals surface area (Å²) in [5.74, 6) is 0.493. The van der Waals surface area contributed by atoms with E-state index in [9.17, 15) is 4.39 Å². The molecule has 1 aromatic rings. The predicted octanol–water partition coefficient (Wildman–Crippen LogP) is 3.43. The summed E-state index contributed by atoms with van der Waals surface area (Å²) in [6, 6.07) is 4.50. The first kappa shape index (κ1) is 12.4. The summed E-state index contributed by atoms with van der Waals surface area (Å²) < 4.78 is 19.4. The van der Waals surface area contributed by atoms with E-state index >= 15 is 0 Å². The van der Waals surface area contributed by atoms with Crippen molar-refractivity contribution in [1.82, 2.24) is 5.32 Å². The topological polar surface area (TPSA) is 21.3 Å². The number of halogens is 2. The molecule has 1 N–H and O–H groups in total. The van der Waals surface area contributed by atoms with Crippen LogP contribution >= 0.6 is 11.6 Å². The van der Waals surface area contributed by atoms with E-state index in [-0.39, 0.29) is 11.9 Å². The molecule has 17 heavy (non-hydrogen) atoms. The summed E-state index contributed by atoms with van der Waals surface area (Å²) in [5.41, 5.74) is 0.574. The average Bonchev–Trinajstić information content (AvgIpc) is 2.80. The van der Waals surface area contributed by atoms with Gasteiger partial charge in [-0.15, -0.1) is 0 Å². The normalized spacial score (nSPS) is 16.5. The fourth-order valence-electron chi connectivity index (χ4n) is 1.94. The second-order valence-electron chi connectivity index (χ2n) is 3.90. The van der Waals surface area contributed by atoms with Crippen molar-refractivity contribution in [3.05, 3.63) is 46.4 Å². The maximum Gasteiger partial charge on any atom is 0.129 e. The highest BCUT2D eigenvalue weighted by atomic mass is 35.5. The molecule has 0 saturated carbocycles. The van der Waals surface area contributed by atoms with Crippen LogP contribution in [0, 0.1) is 5.82 Å². The zero-order valence-corrected chi connectivity index (χ0v) is 10.4. The molecule has 2 rings (SSSR count). The monoisotopic (exact) mass is 255 g/mol. The van der Waals surface area contributed by atoms with Gasteiger partial charge in [0.1, 0.15) is 11.6 Å². The van der Waals surface area contributed by atoms with Crippen LogP contribution in [0.5, 0.6) is 0 Å². The largest absolute Gasteiger partial charge is 0.496 e. The molecule has 4 heteroatoms. The molecular weight excluding hydrogens is 241 g/mol. The van der Waals surface area contributed by atoms with Gasteiger partial charge >= 0.3 is 0 Å². The van der Waals surface area contributed by atoms with Crippen LogP contribution in [-0.4, -0.2) is 13.2 Å². The van der Waals surface area contributed by atoms with Crippen molar-refractivity contribution in [2.24, 2.45) is 0 Å². The highest BCUT2D eigenvalue weighted by Crippen LogP contribution is 2.29. The first-order valence-corrected chi connectivity index (χ1v) is 6.11.